The number of morpholine rings is 1. The first-order valence-corrected chi connectivity index (χ1v) is 6.05. The van der Waals surface area contributed by atoms with Crippen LogP contribution in [0.5, 0.6) is 0 Å². The van der Waals surface area contributed by atoms with Gasteiger partial charge in [0.1, 0.15) is 0 Å². The van der Waals surface area contributed by atoms with Gasteiger partial charge in [-0.25, -0.2) is 0 Å². The minimum atomic E-state index is 0.536. The van der Waals surface area contributed by atoms with Gasteiger partial charge in [0.05, 0.1) is 13.2 Å². The van der Waals surface area contributed by atoms with Crippen molar-refractivity contribution in [2.75, 3.05) is 32.8 Å². The summed E-state index contributed by atoms with van der Waals surface area (Å²) in [5, 5.41) is 3.51. The van der Waals surface area contributed by atoms with Crippen LogP contribution < -0.4 is 5.32 Å². The largest absolute Gasteiger partial charge is 0.379 e. The highest BCUT2D eigenvalue weighted by molar-refractivity contribution is 5.32. The molecule has 0 unspecified atom stereocenters. The molecule has 16 heavy (non-hydrogen) atoms. The Hall–Kier alpha value is -0.900. The van der Waals surface area contributed by atoms with Crippen LogP contribution >= 0.6 is 0 Å². The molecule has 3 heteroatoms. The first kappa shape index (κ1) is 10.3. The summed E-state index contributed by atoms with van der Waals surface area (Å²) in [7, 11) is 0. The second-order valence-corrected chi connectivity index (χ2v) is 4.49. The minimum absolute atomic E-state index is 0.536. The van der Waals surface area contributed by atoms with E-state index in [1.54, 1.807) is 0 Å². The third kappa shape index (κ3) is 1.86. The van der Waals surface area contributed by atoms with Crippen molar-refractivity contribution in [3.63, 3.8) is 0 Å². The molecule has 2 aliphatic rings. The predicted molar refractivity (Wildman–Crippen MR) is 63.3 cm³/mol. The van der Waals surface area contributed by atoms with E-state index in [0.717, 1.165) is 39.4 Å². The fourth-order valence-electron chi connectivity index (χ4n) is 2.69. The van der Waals surface area contributed by atoms with Gasteiger partial charge in [0.15, 0.2) is 0 Å². The summed E-state index contributed by atoms with van der Waals surface area (Å²) in [5.74, 6) is 0. The van der Waals surface area contributed by atoms with Crippen molar-refractivity contribution in [1.82, 2.24) is 10.2 Å². The normalized spacial score (nSPS) is 26.4. The molecule has 3 nitrogen and oxygen atoms in total. The van der Waals surface area contributed by atoms with Crippen LogP contribution in [0.4, 0.5) is 0 Å². The highest BCUT2D eigenvalue weighted by Gasteiger charge is 2.26. The summed E-state index contributed by atoms with van der Waals surface area (Å²) < 4.78 is 5.42. The van der Waals surface area contributed by atoms with Crippen LogP contribution in [0.15, 0.2) is 24.3 Å². The average molecular weight is 218 g/mol. The molecule has 1 aromatic carbocycles. The fraction of sp³-hybridized carbons (Fsp3) is 0.538. The summed E-state index contributed by atoms with van der Waals surface area (Å²) in [6.45, 7) is 5.94. The van der Waals surface area contributed by atoms with Gasteiger partial charge in [0.2, 0.25) is 0 Å². The molecule has 1 atom stereocenters. The summed E-state index contributed by atoms with van der Waals surface area (Å²) >= 11 is 0. The molecule has 0 aliphatic carbocycles. The van der Waals surface area contributed by atoms with E-state index < -0.39 is 0 Å². The number of fused-ring (bicyclic) bond motifs is 1. The minimum Gasteiger partial charge on any atom is -0.379 e. The lowest BCUT2D eigenvalue weighted by molar-refractivity contribution is 0.0146. The van der Waals surface area contributed by atoms with Gasteiger partial charge in [-0.05, 0) is 11.1 Å². The number of nitrogens with zero attached hydrogens (tertiary/aromatic N) is 1. The molecule has 2 heterocycles. The van der Waals surface area contributed by atoms with Gasteiger partial charge >= 0.3 is 0 Å². The maximum atomic E-state index is 5.42. The number of hydrogen-bond acceptors (Lipinski definition) is 3. The Morgan fingerprint density at radius 3 is 2.88 bits per heavy atom. The van der Waals surface area contributed by atoms with Crippen LogP contribution in [0.2, 0.25) is 0 Å². The molecule has 1 aromatic rings. The quantitative estimate of drug-likeness (QED) is 0.765. The van der Waals surface area contributed by atoms with Gasteiger partial charge in [-0.3, -0.25) is 4.90 Å². The van der Waals surface area contributed by atoms with E-state index in [-0.39, 0.29) is 0 Å². The maximum absolute atomic E-state index is 5.42. The standard InChI is InChI=1S/C13H18N2O/c1-2-4-12-11(3-1)9-14-10-13(12)15-5-7-16-8-6-15/h1-4,13-14H,5-10H2/t13-/m0/s1. The first-order chi connectivity index (χ1) is 7.95. The molecule has 1 saturated heterocycles. The lowest BCUT2D eigenvalue weighted by atomic mass is 9.95. The topological polar surface area (TPSA) is 24.5 Å². The molecule has 1 N–H and O–H groups in total. The zero-order chi connectivity index (χ0) is 10.8. The van der Waals surface area contributed by atoms with Gasteiger partial charge < -0.3 is 10.1 Å². The zero-order valence-electron chi connectivity index (χ0n) is 9.48. The average Bonchev–Trinajstić information content (AvgIpc) is 2.39. The Labute approximate surface area is 96.4 Å². The molecule has 0 amide bonds. The van der Waals surface area contributed by atoms with Crippen molar-refractivity contribution in [1.29, 1.82) is 0 Å². The van der Waals surface area contributed by atoms with Crippen LogP contribution in [-0.4, -0.2) is 37.7 Å². The van der Waals surface area contributed by atoms with Crippen molar-refractivity contribution >= 4 is 0 Å². The third-order valence-corrected chi connectivity index (χ3v) is 3.55. The molecule has 0 saturated carbocycles. The van der Waals surface area contributed by atoms with E-state index >= 15 is 0 Å². The van der Waals surface area contributed by atoms with Crippen LogP contribution in [0, 0.1) is 0 Å². The Kier molecular flexibility index (Phi) is 2.91. The Balaban J connectivity index is 1.86. The number of benzene rings is 1. The molecule has 0 bridgehead atoms. The van der Waals surface area contributed by atoms with Gasteiger partial charge in [0, 0.05) is 32.2 Å². The number of rotatable bonds is 1. The Morgan fingerprint density at radius 2 is 2.00 bits per heavy atom. The predicted octanol–water partition coefficient (Wildman–Crippen LogP) is 1.16. The van der Waals surface area contributed by atoms with Gasteiger partial charge in [-0.15, -0.1) is 0 Å². The Bertz CT molecular complexity index is 361. The van der Waals surface area contributed by atoms with Crippen LogP contribution in [0.25, 0.3) is 0 Å². The van der Waals surface area contributed by atoms with E-state index in [0.29, 0.717) is 6.04 Å². The molecule has 0 spiro atoms. The zero-order valence-corrected chi connectivity index (χ0v) is 9.48. The maximum Gasteiger partial charge on any atom is 0.0594 e. The Morgan fingerprint density at radius 1 is 1.19 bits per heavy atom. The molecular formula is C13H18N2O. The molecule has 2 aliphatic heterocycles. The molecule has 0 aromatic heterocycles. The molecular weight excluding hydrogens is 200 g/mol. The van der Waals surface area contributed by atoms with Crippen molar-refractivity contribution in [2.45, 2.75) is 12.6 Å². The summed E-state index contributed by atoms with van der Waals surface area (Å²) in [6, 6.07) is 9.32. The number of ether oxygens (including phenoxy) is 1. The van der Waals surface area contributed by atoms with E-state index in [9.17, 15) is 0 Å². The summed E-state index contributed by atoms with van der Waals surface area (Å²) in [5.41, 5.74) is 2.95. The SMILES string of the molecule is c1ccc2c(c1)CNC[C@@H]2N1CCOCC1. The fourth-order valence-corrected chi connectivity index (χ4v) is 2.69. The van der Waals surface area contributed by atoms with E-state index in [2.05, 4.69) is 34.5 Å². The third-order valence-electron chi connectivity index (χ3n) is 3.55. The van der Waals surface area contributed by atoms with Crippen molar-refractivity contribution in [3.05, 3.63) is 35.4 Å². The lowest BCUT2D eigenvalue weighted by Crippen LogP contribution is -2.45. The highest BCUT2D eigenvalue weighted by Crippen LogP contribution is 2.27. The molecule has 0 radical (unpaired) electrons. The first-order valence-electron chi connectivity index (χ1n) is 6.05. The second-order valence-electron chi connectivity index (χ2n) is 4.49. The monoisotopic (exact) mass is 218 g/mol. The molecule has 86 valence electrons. The van der Waals surface area contributed by atoms with E-state index in [4.69, 9.17) is 4.74 Å². The van der Waals surface area contributed by atoms with E-state index in [1.807, 2.05) is 0 Å². The van der Waals surface area contributed by atoms with E-state index in [1.165, 1.54) is 11.1 Å². The van der Waals surface area contributed by atoms with Crippen LogP contribution in [0.1, 0.15) is 17.2 Å². The van der Waals surface area contributed by atoms with Crippen molar-refractivity contribution < 1.29 is 4.74 Å². The highest BCUT2D eigenvalue weighted by atomic mass is 16.5. The van der Waals surface area contributed by atoms with Crippen LogP contribution in [0.3, 0.4) is 0 Å². The summed E-state index contributed by atoms with van der Waals surface area (Å²) in [6.07, 6.45) is 0. The smallest absolute Gasteiger partial charge is 0.0594 e. The van der Waals surface area contributed by atoms with Gasteiger partial charge in [0.25, 0.3) is 0 Å². The second kappa shape index (κ2) is 4.53. The number of nitrogens with one attached hydrogen (secondary N) is 1. The van der Waals surface area contributed by atoms with Crippen LogP contribution in [-0.2, 0) is 11.3 Å². The lowest BCUT2D eigenvalue weighted by Gasteiger charge is -2.38. The van der Waals surface area contributed by atoms with Gasteiger partial charge in [-0.1, -0.05) is 24.3 Å². The summed E-state index contributed by atoms with van der Waals surface area (Å²) in [4.78, 5) is 2.54. The molecule has 3 rings (SSSR count). The van der Waals surface area contributed by atoms with Crippen molar-refractivity contribution in [3.8, 4) is 0 Å². The van der Waals surface area contributed by atoms with Crippen molar-refractivity contribution in [2.24, 2.45) is 0 Å². The number of hydrogen-bond donors (Lipinski definition) is 1. The van der Waals surface area contributed by atoms with Gasteiger partial charge in [-0.2, -0.15) is 0 Å². The molecule has 1 fully saturated rings.